The van der Waals surface area contributed by atoms with E-state index in [0.29, 0.717) is 37.2 Å². The highest BCUT2D eigenvalue weighted by molar-refractivity contribution is 5.68. The maximum absolute atomic E-state index is 12.0. The first kappa shape index (κ1) is 31.2. The van der Waals surface area contributed by atoms with E-state index in [1.165, 1.54) is 29.2 Å². The van der Waals surface area contributed by atoms with Crippen LogP contribution in [0.25, 0.3) is 0 Å². The third kappa shape index (κ3) is 9.69. The van der Waals surface area contributed by atoms with E-state index in [9.17, 15) is 40.0 Å². The molecule has 0 radical (unpaired) electrons. The Morgan fingerprint density at radius 1 is 0.805 bits per heavy atom. The van der Waals surface area contributed by atoms with Crippen LogP contribution in [-0.2, 0) is 22.7 Å². The molecule has 2 N–H and O–H groups in total. The van der Waals surface area contributed by atoms with Crippen LogP contribution in [0.2, 0.25) is 0 Å². The predicted octanol–water partition coefficient (Wildman–Crippen LogP) is 3.77. The summed E-state index contributed by atoms with van der Waals surface area (Å²) in [6.45, 7) is 1.51. The van der Waals surface area contributed by atoms with Crippen LogP contribution in [-0.4, -0.2) is 80.4 Å². The Morgan fingerprint density at radius 2 is 1.34 bits per heavy atom. The summed E-state index contributed by atoms with van der Waals surface area (Å²) >= 11 is 0. The number of nitro benzene ring substituents is 2. The van der Waals surface area contributed by atoms with Gasteiger partial charge in [-0.1, -0.05) is 0 Å². The maximum atomic E-state index is 12.0. The van der Waals surface area contributed by atoms with Gasteiger partial charge in [0.2, 0.25) is 0 Å². The van der Waals surface area contributed by atoms with Crippen LogP contribution in [0.1, 0.15) is 43.2 Å². The van der Waals surface area contributed by atoms with E-state index in [4.69, 9.17) is 9.47 Å². The maximum Gasteiger partial charge on any atom is 0.410 e. The summed E-state index contributed by atoms with van der Waals surface area (Å²) in [6, 6.07) is 11.5. The van der Waals surface area contributed by atoms with Gasteiger partial charge in [0.1, 0.15) is 13.2 Å². The van der Waals surface area contributed by atoms with Crippen molar-refractivity contribution in [2.45, 2.75) is 57.5 Å². The number of β-amino-alcohol motifs (C(OH)–C–C–N with tert-alkyl or cyclic N) is 1. The molecule has 0 saturated carbocycles. The van der Waals surface area contributed by atoms with Crippen LogP contribution in [0.15, 0.2) is 48.5 Å². The fourth-order valence-electron chi connectivity index (χ4n) is 4.44. The Hall–Kier alpha value is -4.30. The Labute approximate surface area is 236 Å². The van der Waals surface area contributed by atoms with Gasteiger partial charge in [0.25, 0.3) is 11.4 Å². The van der Waals surface area contributed by atoms with Crippen LogP contribution in [0.5, 0.6) is 0 Å². The van der Waals surface area contributed by atoms with Crippen molar-refractivity contribution < 1.29 is 39.1 Å². The van der Waals surface area contributed by atoms with Crippen LogP contribution in [0.4, 0.5) is 21.0 Å². The van der Waals surface area contributed by atoms with Gasteiger partial charge >= 0.3 is 12.2 Å². The van der Waals surface area contributed by atoms with Gasteiger partial charge in [-0.3, -0.25) is 20.2 Å². The van der Waals surface area contributed by atoms with Crippen molar-refractivity contribution in [3.8, 4) is 0 Å². The summed E-state index contributed by atoms with van der Waals surface area (Å²) in [6.07, 6.45) is 2.73. The number of ether oxygens (including phenoxy) is 2. The van der Waals surface area contributed by atoms with Crippen LogP contribution in [0.3, 0.4) is 0 Å². The first-order valence-corrected chi connectivity index (χ1v) is 13.3. The summed E-state index contributed by atoms with van der Waals surface area (Å²) in [5.41, 5.74) is 1.37. The fraction of sp³-hybridized carbons (Fsp3) is 0.481. The first-order valence-electron chi connectivity index (χ1n) is 13.3. The molecule has 0 aliphatic carbocycles. The predicted molar refractivity (Wildman–Crippen MR) is 145 cm³/mol. The van der Waals surface area contributed by atoms with Crippen LogP contribution < -0.4 is 0 Å². The third-order valence-electron chi connectivity index (χ3n) is 6.75. The van der Waals surface area contributed by atoms with Gasteiger partial charge in [-0.25, -0.2) is 9.59 Å². The number of likely N-dealkylation sites (tertiary alicyclic amines) is 2. The molecular formula is C27H34N4O10. The molecule has 2 fully saturated rings. The molecule has 2 atom stereocenters. The van der Waals surface area contributed by atoms with Crippen molar-refractivity contribution in [1.29, 1.82) is 0 Å². The molecule has 2 aliphatic heterocycles. The van der Waals surface area contributed by atoms with Crippen LogP contribution >= 0.6 is 0 Å². The molecule has 14 heteroatoms. The Kier molecular flexibility index (Phi) is 11.8. The molecule has 2 unspecified atom stereocenters. The molecule has 0 spiro atoms. The highest BCUT2D eigenvalue weighted by Crippen LogP contribution is 2.19. The third-order valence-corrected chi connectivity index (χ3v) is 6.75. The minimum Gasteiger partial charge on any atom is -0.445 e. The van der Waals surface area contributed by atoms with Crippen molar-refractivity contribution in [2.75, 3.05) is 26.2 Å². The lowest BCUT2D eigenvalue weighted by atomic mass is 10.0. The second kappa shape index (κ2) is 15.5. The number of amides is 2. The molecule has 0 bridgehead atoms. The fourth-order valence-corrected chi connectivity index (χ4v) is 4.44. The number of nitro groups is 2. The number of nitrogens with zero attached hydrogens (tertiary/aromatic N) is 4. The van der Waals surface area contributed by atoms with Crippen molar-refractivity contribution in [1.82, 2.24) is 9.80 Å². The molecule has 2 aliphatic rings. The minimum atomic E-state index is -0.490. The number of carbonyl (C=O) groups is 2. The number of hydrogen-bond acceptors (Lipinski definition) is 10. The van der Waals surface area contributed by atoms with Crippen molar-refractivity contribution in [3.63, 3.8) is 0 Å². The summed E-state index contributed by atoms with van der Waals surface area (Å²) in [5, 5.41) is 39.8. The Balaban J connectivity index is 0.000000226. The van der Waals surface area contributed by atoms with Gasteiger partial charge in [-0.2, -0.15) is 0 Å². The van der Waals surface area contributed by atoms with Gasteiger partial charge in [0, 0.05) is 43.9 Å². The van der Waals surface area contributed by atoms with E-state index in [1.54, 1.807) is 29.2 Å². The van der Waals surface area contributed by atoms with Crippen LogP contribution in [0, 0.1) is 20.2 Å². The summed E-state index contributed by atoms with van der Waals surface area (Å²) in [5.74, 6) is 0. The molecule has 222 valence electrons. The van der Waals surface area contributed by atoms with Gasteiger partial charge in [-0.15, -0.1) is 0 Å². The van der Waals surface area contributed by atoms with E-state index in [0.717, 1.165) is 25.7 Å². The second-order valence-corrected chi connectivity index (χ2v) is 9.72. The second-order valence-electron chi connectivity index (χ2n) is 9.72. The number of piperidine rings is 2. The Bertz CT molecular complexity index is 1180. The minimum absolute atomic E-state index is 0.000714. The molecule has 0 aromatic heterocycles. The standard InChI is InChI=1S/C14H18N2O5.C13H16N2O5/c17-9-13-3-1-2-8-15(13)14(18)21-10-11-4-6-12(7-5-11)16(19)20;16-12-2-1-7-14(8-12)13(17)20-9-10-3-5-11(6-4-10)15(18)19/h4-7,13,17H,1-3,8-10H2;3-6,12,16H,1-2,7-9H2. The van der Waals surface area contributed by atoms with Gasteiger partial charge in [0.05, 0.1) is 28.6 Å². The molecule has 2 aromatic carbocycles. The zero-order chi connectivity index (χ0) is 29.8. The highest BCUT2D eigenvalue weighted by Gasteiger charge is 2.27. The SMILES string of the molecule is O=C(OCc1ccc([N+](=O)[O-])cc1)N1CCCC(O)C1.O=C(OCc1ccc([N+](=O)[O-])cc1)N1CCCCC1CO. The molecule has 2 amide bonds. The lowest BCUT2D eigenvalue weighted by Crippen LogP contribution is -2.45. The smallest absolute Gasteiger partial charge is 0.410 e. The molecule has 2 aromatic rings. The molecule has 14 nitrogen and oxygen atoms in total. The number of aliphatic hydroxyl groups is 2. The van der Waals surface area contributed by atoms with Crippen molar-refractivity contribution in [3.05, 3.63) is 79.9 Å². The lowest BCUT2D eigenvalue weighted by Gasteiger charge is -2.33. The number of aliphatic hydroxyl groups excluding tert-OH is 2. The quantitative estimate of drug-likeness (QED) is 0.364. The molecular weight excluding hydrogens is 540 g/mol. The monoisotopic (exact) mass is 574 g/mol. The van der Waals surface area contributed by atoms with E-state index in [1.807, 2.05) is 0 Å². The van der Waals surface area contributed by atoms with E-state index >= 15 is 0 Å². The Morgan fingerprint density at radius 3 is 1.83 bits per heavy atom. The van der Waals surface area contributed by atoms with E-state index in [-0.39, 0.29) is 37.2 Å². The van der Waals surface area contributed by atoms with Gasteiger partial charge in [0.15, 0.2) is 0 Å². The lowest BCUT2D eigenvalue weighted by molar-refractivity contribution is -0.385. The van der Waals surface area contributed by atoms with Gasteiger partial charge < -0.3 is 29.5 Å². The van der Waals surface area contributed by atoms with Gasteiger partial charge in [-0.05, 0) is 67.5 Å². The van der Waals surface area contributed by atoms with E-state index < -0.39 is 28.1 Å². The summed E-state index contributed by atoms with van der Waals surface area (Å²) in [4.78, 5) is 46.9. The topological polar surface area (TPSA) is 186 Å². The first-order chi connectivity index (χ1) is 19.7. The number of benzene rings is 2. The zero-order valence-corrected chi connectivity index (χ0v) is 22.5. The average molecular weight is 575 g/mol. The number of rotatable bonds is 7. The highest BCUT2D eigenvalue weighted by atomic mass is 16.6. The summed E-state index contributed by atoms with van der Waals surface area (Å²) in [7, 11) is 0. The normalized spacial score (nSPS) is 18.5. The zero-order valence-electron chi connectivity index (χ0n) is 22.5. The number of carbonyl (C=O) groups excluding carboxylic acids is 2. The average Bonchev–Trinajstić information content (AvgIpc) is 2.99. The number of hydrogen-bond donors (Lipinski definition) is 2. The van der Waals surface area contributed by atoms with E-state index in [2.05, 4.69) is 0 Å². The molecule has 4 rings (SSSR count). The molecule has 2 heterocycles. The van der Waals surface area contributed by atoms with Crippen molar-refractivity contribution in [2.24, 2.45) is 0 Å². The summed E-state index contributed by atoms with van der Waals surface area (Å²) < 4.78 is 10.3. The number of non-ortho nitro benzene ring substituents is 2. The van der Waals surface area contributed by atoms with Crippen molar-refractivity contribution >= 4 is 23.6 Å². The molecule has 2 saturated heterocycles. The largest absolute Gasteiger partial charge is 0.445 e. The molecule has 41 heavy (non-hydrogen) atoms.